The van der Waals surface area contributed by atoms with Crippen LogP contribution >= 0.6 is 0 Å². The molecule has 2 heterocycles. The number of piperazine rings is 1. The first kappa shape index (κ1) is 18.1. The minimum atomic E-state index is 0.589. The molecule has 0 amide bonds. The van der Waals surface area contributed by atoms with Gasteiger partial charge in [0.25, 0.3) is 0 Å². The van der Waals surface area contributed by atoms with Gasteiger partial charge in [-0.3, -0.25) is 0 Å². The lowest BCUT2D eigenvalue weighted by Crippen LogP contribution is -2.47. The SMILES string of the molecule is Cc1cccc(N2CCN(c3ncnc(Nc4ccccc4)c3N)CC2)c1C. The first-order chi connectivity index (χ1) is 13.6. The second-order valence-electron chi connectivity index (χ2n) is 7.14. The fraction of sp³-hybridized carbons (Fsp3) is 0.273. The Morgan fingerprint density at radius 2 is 1.57 bits per heavy atom. The Morgan fingerprint density at radius 1 is 0.857 bits per heavy atom. The van der Waals surface area contributed by atoms with E-state index >= 15 is 0 Å². The smallest absolute Gasteiger partial charge is 0.159 e. The quantitative estimate of drug-likeness (QED) is 0.725. The monoisotopic (exact) mass is 374 g/mol. The zero-order chi connectivity index (χ0) is 19.5. The number of aromatic nitrogens is 2. The topological polar surface area (TPSA) is 70.3 Å². The summed E-state index contributed by atoms with van der Waals surface area (Å²) in [7, 11) is 0. The molecule has 3 aromatic rings. The van der Waals surface area contributed by atoms with Crippen molar-refractivity contribution in [3.63, 3.8) is 0 Å². The van der Waals surface area contributed by atoms with Crippen molar-refractivity contribution in [1.29, 1.82) is 0 Å². The summed E-state index contributed by atoms with van der Waals surface area (Å²) in [5, 5.41) is 3.29. The number of nitrogens with one attached hydrogen (secondary N) is 1. The van der Waals surface area contributed by atoms with Crippen LogP contribution < -0.4 is 20.9 Å². The number of nitrogens with two attached hydrogens (primary N) is 1. The summed E-state index contributed by atoms with van der Waals surface area (Å²) in [4.78, 5) is 13.5. The number of aryl methyl sites for hydroxylation is 1. The third-order valence-electron chi connectivity index (χ3n) is 5.40. The van der Waals surface area contributed by atoms with Gasteiger partial charge in [0.15, 0.2) is 11.6 Å². The van der Waals surface area contributed by atoms with Crippen LogP contribution in [0, 0.1) is 13.8 Å². The van der Waals surface area contributed by atoms with E-state index in [2.05, 4.69) is 57.1 Å². The first-order valence-corrected chi connectivity index (χ1v) is 9.62. The van der Waals surface area contributed by atoms with Gasteiger partial charge < -0.3 is 20.9 Å². The van der Waals surface area contributed by atoms with Crippen LogP contribution in [0.1, 0.15) is 11.1 Å². The molecule has 1 saturated heterocycles. The molecule has 28 heavy (non-hydrogen) atoms. The highest BCUT2D eigenvalue weighted by Crippen LogP contribution is 2.30. The van der Waals surface area contributed by atoms with Crippen LogP contribution in [0.2, 0.25) is 0 Å². The van der Waals surface area contributed by atoms with E-state index in [1.807, 2.05) is 30.3 Å². The van der Waals surface area contributed by atoms with Crippen molar-refractivity contribution >= 4 is 28.7 Å². The van der Waals surface area contributed by atoms with Crippen LogP contribution in [0.25, 0.3) is 0 Å². The van der Waals surface area contributed by atoms with Crippen molar-refractivity contribution in [3.05, 3.63) is 66.0 Å². The Hall–Kier alpha value is -3.28. The van der Waals surface area contributed by atoms with Crippen LogP contribution in [0.5, 0.6) is 0 Å². The lowest BCUT2D eigenvalue weighted by atomic mass is 10.1. The number of hydrogen-bond donors (Lipinski definition) is 2. The summed E-state index contributed by atoms with van der Waals surface area (Å²) >= 11 is 0. The molecule has 3 N–H and O–H groups in total. The van der Waals surface area contributed by atoms with Gasteiger partial charge in [-0.25, -0.2) is 9.97 Å². The van der Waals surface area contributed by atoms with Gasteiger partial charge in [0.1, 0.15) is 12.0 Å². The van der Waals surface area contributed by atoms with Crippen LogP contribution in [-0.4, -0.2) is 36.1 Å². The van der Waals surface area contributed by atoms with Crippen molar-refractivity contribution < 1.29 is 0 Å². The number of benzene rings is 2. The van der Waals surface area contributed by atoms with Crippen LogP contribution in [0.15, 0.2) is 54.9 Å². The zero-order valence-electron chi connectivity index (χ0n) is 16.4. The van der Waals surface area contributed by atoms with Crippen molar-refractivity contribution in [1.82, 2.24) is 9.97 Å². The number of nitrogen functional groups attached to an aromatic ring is 1. The maximum Gasteiger partial charge on any atom is 0.159 e. The standard InChI is InChI=1S/C22H26N6/c1-16-7-6-10-19(17(16)2)27-11-13-28(14-12-27)22-20(23)21(24-15-25-22)26-18-8-4-3-5-9-18/h3-10,15H,11-14,23H2,1-2H3,(H,24,25,26). The minimum Gasteiger partial charge on any atom is -0.393 e. The molecule has 0 aliphatic carbocycles. The van der Waals surface area contributed by atoms with Crippen molar-refractivity contribution in [3.8, 4) is 0 Å². The Balaban J connectivity index is 1.49. The Bertz CT molecular complexity index is 948. The average molecular weight is 374 g/mol. The summed E-state index contributed by atoms with van der Waals surface area (Å²) in [6.45, 7) is 7.99. The normalized spacial score (nSPS) is 14.2. The molecule has 1 aliphatic heterocycles. The number of rotatable bonds is 4. The Kier molecular flexibility index (Phi) is 5.02. The van der Waals surface area contributed by atoms with E-state index in [-0.39, 0.29) is 0 Å². The maximum absolute atomic E-state index is 6.41. The molecular weight excluding hydrogens is 348 g/mol. The summed E-state index contributed by atoms with van der Waals surface area (Å²) in [6, 6.07) is 16.4. The van der Waals surface area contributed by atoms with Crippen molar-refractivity contribution in [2.24, 2.45) is 0 Å². The molecule has 0 spiro atoms. The van der Waals surface area contributed by atoms with Crippen LogP contribution in [-0.2, 0) is 0 Å². The predicted octanol–water partition coefficient (Wildman–Crippen LogP) is 3.75. The van der Waals surface area contributed by atoms with E-state index < -0.39 is 0 Å². The molecule has 0 unspecified atom stereocenters. The third-order valence-corrected chi connectivity index (χ3v) is 5.40. The summed E-state index contributed by atoms with van der Waals surface area (Å²) < 4.78 is 0. The highest BCUT2D eigenvalue weighted by molar-refractivity contribution is 5.78. The highest BCUT2D eigenvalue weighted by Gasteiger charge is 2.22. The predicted molar refractivity (Wildman–Crippen MR) is 117 cm³/mol. The van der Waals surface area contributed by atoms with Gasteiger partial charge in [0.2, 0.25) is 0 Å². The molecule has 0 saturated carbocycles. The largest absolute Gasteiger partial charge is 0.393 e. The van der Waals surface area contributed by atoms with E-state index in [1.54, 1.807) is 6.33 Å². The first-order valence-electron chi connectivity index (χ1n) is 9.62. The molecule has 0 radical (unpaired) electrons. The minimum absolute atomic E-state index is 0.589. The van der Waals surface area contributed by atoms with E-state index in [0.29, 0.717) is 11.5 Å². The van der Waals surface area contributed by atoms with Crippen LogP contribution in [0.4, 0.5) is 28.7 Å². The fourth-order valence-electron chi connectivity index (χ4n) is 3.63. The van der Waals surface area contributed by atoms with E-state index in [0.717, 1.165) is 37.7 Å². The molecule has 6 nitrogen and oxygen atoms in total. The zero-order valence-corrected chi connectivity index (χ0v) is 16.4. The van der Waals surface area contributed by atoms with Gasteiger partial charge in [-0.15, -0.1) is 0 Å². The second-order valence-corrected chi connectivity index (χ2v) is 7.14. The molecule has 6 heteroatoms. The summed E-state index contributed by atoms with van der Waals surface area (Å²) in [5.74, 6) is 1.45. The van der Waals surface area contributed by atoms with Gasteiger partial charge in [-0.05, 0) is 43.2 Å². The fourth-order valence-corrected chi connectivity index (χ4v) is 3.63. The van der Waals surface area contributed by atoms with E-state index in [9.17, 15) is 0 Å². The van der Waals surface area contributed by atoms with Crippen molar-refractivity contribution in [2.75, 3.05) is 47.0 Å². The van der Waals surface area contributed by atoms with Gasteiger partial charge in [-0.2, -0.15) is 0 Å². The summed E-state index contributed by atoms with van der Waals surface area (Å²) in [5.41, 5.74) is 12.0. The van der Waals surface area contributed by atoms with Crippen LogP contribution in [0.3, 0.4) is 0 Å². The molecule has 1 fully saturated rings. The van der Waals surface area contributed by atoms with Gasteiger partial charge in [-0.1, -0.05) is 30.3 Å². The number of para-hydroxylation sites is 1. The lowest BCUT2D eigenvalue weighted by molar-refractivity contribution is 0.646. The highest BCUT2D eigenvalue weighted by atomic mass is 15.3. The number of hydrogen-bond acceptors (Lipinski definition) is 6. The number of nitrogens with zero attached hydrogens (tertiary/aromatic N) is 4. The molecule has 144 valence electrons. The Morgan fingerprint density at radius 3 is 2.32 bits per heavy atom. The van der Waals surface area contributed by atoms with E-state index in [4.69, 9.17) is 5.73 Å². The van der Waals surface area contributed by atoms with Gasteiger partial charge in [0.05, 0.1) is 0 Å². The van der Waals surface area contributed by atoms with Gasteiger partial charge >= 0.3 is 0 Å². The summed E-state index contributed by atoms with van der Waals surface area (Å²) in [6.07, 6.45) is 1.58. The Labute approximate surface area is 166 Å². The third kappa shape index (κ3) is 3.58. The lowest BCUT2D eigenvalue weighted by Gasteiger charge is -2.38. The average Bonchev–Trinajstić information content (AvgIpc) is 2.73. The van der Waals surface area contributed by atoms with Gasteiger partial charge in [0, 0.05) is 37.6 Å². The maximum atomic E-state index is 6.41. The second kappa shape index (κ2) is 7.76. The molecule has 0 bridgehead atoms. The molecule has 1 aliphatic rings. The van der Waals surface area contributed by atoms with E-state index in [1.165, 1.54) is 16.8 Å². The van der Waals surface area contributed by atoms with Crippen molar-refractivity contribution in [2.45, 2.75) is 13.8 Å². The molecular formula is C22H26N6. The number of anilines is 5. The molecule has 2 aromatic carbocycles. The molecule has 0 atom stereocenters. The molecule has 4 rings (SSSR count). The molecule has 1 aromatic heterocycles.